The first-order valence-electron chi connectivity index (χ1n) is 14.9. The van der Waals surface area contributed by atoms with Crippen LogP contribution in [0.4, 0.5) is 22.9 Å². The Morgan fingerprint density at radius 3 is 2.61 bits per heavy atom. The molecule has 3 aromatic rings. The van der Waals surface area contributed by atoms with Crippen molar-refractivity contribution in [1.82, 2.24) is 19.8 Å². The van der Waals surface area contributed by atoms with Gasteiger partial charge < -0.3 is 35.6 Å². The van der Waals surface area contributed by atoms with Crippen LogP contribution in [0.3, 0.4) is 0 Å². The Labute approximate surface area is 257 Å². The zero-order valence-corrected chi connectivity index (χ0v) is 25.1. The molecular weight excluding hydrogens is 560 g/mol. The molecule has 0 saturated carbocycles. The number of carbonyl (C=O) groups is 2. The highest BCUT2D eigenvalue weighted by Gasteiger charge is 2.20. The first kappa shape index (κ1) is 30.9. The van der Waals surface area contributed by atoms with Crippen LogP contribution < -0.4 is 26.0 Å². The van der Waals surface area contributed by atoms with Crippen LogP contribution in [0.25, 0.3) is 0 Å². The maximum Gasteiger partial charge on any atom is 0.271 e. The fraction of sp³-hybridized carbons (Fsp3) is 0.375. The smallest absolute Gasteiger partial charge is 0.271 e. The molecule has 2 aliphatic heterocycles. The number of primary amides is 1. The Kier molecular flexibility index (Phi) is 10.4. The van der Waals surface area contributed by atoms with Gasteiger partial charge in [-0.25, -0.2) is 4.98 Å². The van der Waals surface area contributed by atoms with Crippen molar-refractivity contribution in [3.05, 3.63) is 72.6 Å². The summed E-state index contributed by atoms with van der Waals surface area (Å²) in [7, 11) is 2.15. The van der Waals surface area contributed by atoms with Gasteiger partial charge in [-0.3, -0.25) is 14.5 Å². The zero-order valence-electron chi connectivity index (χ0n) is 25.1. The summed E-state index contributed by atoms with van der Waals surface area (Å²) in [5.74, 6) is -0.265. The second kappa shape index (κ2) is 14.8. The van der Waals surface area contributed by atoms with Crippen LogP contribution in [-0.4, -0.2) is 97.7 Å². The van der Waals surface area contributed by atoms with Gasteiger partial charge in [0.2, 0.25) is 11.8 Å². The summed E-state index contributed by atoms with van der Waals surface area (Å²) in [5, 5.41) is 5.96. The van der Waals surface area contributed by atoms with Crippen molar-refractivity contribution in [3.63, 3.8) is 0 Å². The SMILES string of the molecule is C=CC(=O)Nc1cccc(Oc2cnc(C(N)=O)c(Nc3ccc(N4CCN(C)CC4)c(CCCN4CCOCC4)c3)n2)c1. The number of benzene rings is 2. The average Bonchev–Trinajstić information content (AvgIpc) is 3.02. The number of hydrogen-bond acceptors (Lipinski definition) is 10. The van der Waals surface area contributed by atoms with Crippen molar-refractivity contribution in [1.29, 1.82) is 0 Å². The van der Waals surface area contributed by atoms with Gasteiger partial charge in [0.1, 0.15) is 5.75 Å². The Morgan fingerprint density at radius 1 is 1.07 bits per heavy atom. The number of anilines is 4. The molecule has 5 rings (SSSR count). The standard InChI is InChI=1S/C32H40N8O4/c1-3-28(41)35-24-7-4-8-26(21-24)44-29-22-34-30(31(33)42)32(37-29)36-25-9-10-27(40-14-12-38(2)13-15-40)23(20-25)6-5-11-39-16-18-43-19-17-39/h3-4,7-10,20-22H,1,5-6,11-19H2,2H3,(H2,33,42)(H,35,41)(H,36,37). The molecule has 2 aromatic carbocycles. The number of rotatable bonds is 12. The maximum atomic E-state index is 12.3. The summed E-state index contributed by atoms with van der Waals surface area (Å²) in [6, 6.07) is 13.1. The van der Waals surface area contributed by atoms with E-state index < -0.39 is 5.91 Å². The molecule has 232 valence electrons. The van der Waals surface area contributed by atoms with E-state index in [2.05, 4.69) is 61.1 Å². The predicted octanol–water partition coefficient (Wildman–Crippen LogP) is 3.25. The van der Waals surface area contributed by atoms with Gasteiger partial charge in [-0.1, -0.05) is 12.6 Å². The molecule has 1 aromatic heterocycles. The molecule has 2 fully saturated rings. The van der Waals surface area contributed by atoms with Crippen LogP contribution >= 0.6 is 0 Å². The highest BCUT2D eigenvalue weighted by Crippen LogP contribution is 2.30. The largest absolute Gasteiger partial charge is 0.437 e. The van der Waals surface area contributed by atoms with E-state index >= 15 is 0 Å². The molecule has 0 atom stereocenters. The maximum absolute atomic E-state index is 12.3. The second-order valence-corrected chi connectivity index (χ2v) is 10.9. The Bertz CT molecular complexity index is 1470. The number of nitrogens with one attached hydrogen (secondary N) is 2. The molecule has 0 spiro atoms. The van der Waals surface area contributed by atoms with E-state index in [1.807, 2.05) is 6.07 Å². The summed E-state index contributed by atoms with van der Waals surface area (Å²) < 4.78 is 11.4. The summed E-state index contributed by atoms with van der Waals surface area (Å²) in [4.78, 5) is 40.0. The minimum Gasteiger partial charge on any atom is -0.437 e. The molecule has 12 heteroatoms. The normalized spacial score (nSPS) is 15.9. The van der Waals surface area contributed by atoms with Gasteiger partial charge in [-0.2, -0.15) is 4.98 Å². The van der Waals surface area contributed by atoms with Gasteiger partial charge >= 0.3 is 0 Å². The Balaban J connectivity index is 1.36. The monoisotopic (exact) mass is 600 g/mol. The molecule has 12 nitrogen and oxygen atoms in total. The number of aryl methyl sites for hydroxylation is 1. The van der Waals surface area contributed by atoms with Crippen LogP contribution in [0.5, 0.6) is 11.6 Å². The third kappa shape index (κ3) is 8.31. The first-order valence-corrected chi connectivity index (χ1v) is 14.9. The Hall–Kier alpha value is -4.52. The number of aromatic nitrogens is 2. The molecule has 0 unspecified atom stereocenters. The van der Waals surface area contributed by atoms with Crippen molar-refractivity contribution >= 4 is 34.7 Å². The summed E-state index contributed by atoms with van der Waals surface area (Å²) in [6.07, 6.45) is 4.46. The lowest BCUT2D eigenvalue weighted by Gasteiger charge is -2.35. The number of nitrogens with two attached hydrogens (primary N) is 1. The Morgan fingerprint density at radius 2 is 1.86 bits per heavy atom. The van der Waals surface area contributed by atoms with Crippen LogP contribution in [0.1, 0.15) is 22.5 Å². The van der Waals surface area contributed by atoms with Crippen LogP contribution in [0, 0.1) is 0 Å². The lowest BCUT2D eigenvalue weighted by atomic mass is 10.0. The molecule has 3 heterocycles. The number of morpholine rings is 1. The van der Waals surface area contributed by atoms with Crippen molar-refractivity contribution in [2.45, 2.75) is 12.8 Å². The summed E-state index contributed by atoms with van der Waals surface area (Å²) >= 11 is 0. The number of piperazine rings is 1. The third-order valence-electron chi connectivity index (χ3n) is 7.70. The van der Waals surface area contributed by atoms with E-state index in [0.717, 1.165) is 77.6 Å². The molecule has 2 amide bonds. The van der Waals surface area contributed by atoms with E-state index in [4.69, 9.17) is 15.2 Å². The molecular formula is C32H40N8O4. The number of carbonyl (C=O) groups excluding carboxylic acids is 2. The molecule has 44 heavy (non-hydrogen) atoms. The molecule has 0 bridgehead atoms. The van der Waals surface area contributed by atoms with Crippen molar-refractivity contribution in [2.24, 2.45) is 5.73 Å². The van der Waals surface area contributed by atoms with Crippen LogP contribution in [0.2, 0.25) is 0 Å². The van der Waals surface area contributed by atoms with E-state index in [9.17, 15) is 9.59 Å². The van der Waals surface area contributed by atoms with E-state index in [0.29, 0.717) is 11.4 Å². The van der Waals surface area contributed by atoms with Crippen molar-refractivity contribution in [3.8, 4) is 11.6 Å². The minimum atomic E-state index is -0.708. The number of nitrogens with zero attached hydrogens (tertiary/aromatic N) is 5. The second-order valence-electron chi connectivity index (χ2n) is 10.9. The number of amides is 2. The minimum absolute atomic E-state index is 0.00126. The highest BCUT2D eigenvalue weighted by molar-refractivity contribution is 5.99. The number of hydrogen-bond donors (Lipinski definition) is 3. The first-order chi connectivity index (χ1) is 21.4. The van der Waals surface area contributed by atoms with Gasteiger partial charge in [0.05, 0.1) is 19.4 Å². The number of ether oxygens (including phenoxy) is 2. The molecule has 0 aliphatic carbocycles. The summed E-state index contributed by atoms with van der Waals surface area (Å²) in [6.45, 7) is 11.9. The molecule has 2 saturated heterocycles. The fourth-order valence-electron chi connectivity index (χ4n) is 5.31. The topological polar surface area (TPSA) is 138 Å². The highest BCUT2D eigenvalue weighted by atomic mass is 16.5. The molecule has 2 aliphatic rings. The zero-order chi connectivity index (χ0) is 30.9. The van der Waals surface area contributed by atoms with Gasteiger partial charge in [0.15, 0.2) is 11.5 Å². The molecule has 0 radical (unpaired) electrons. The van der Waals surface area contributed by atoms with E-state index in [-0.39, 0.29) is 23.3 Å². The quantitative estimate of drug-likeness (QED) is 0.266. The third-order valence-corrected chi connectivity index (χ3v) is 7.70. The lowest BCUT2D eigenvalue weighted by Crippen LogP contribution is -2.44. The van der Waals surface area contributed by atoms with Crippen LogP contribution in [0.15, 0.2) is 61.3 Å². The van der Waals surface area contributed by atoms with Crippen LogP contribution in [-0.2, 0) is 16.0 Å². The van der Waals surface area contributed by atoms with E-state index in [1.54, 1.807) is 24.3 Å². The van der Waals surface area contributed by atoms with E-state index in [1.165, 1.54) is 23.5 Å². The predicted molar refractivity (Wildman–Crippen MR) is 171 cm³/mol. The lowest BCUT2D eigenvalue weighted by molar-refractivity contribution is -0.111. The summed E-state index contributed by atoms with van der Waals surface area (Å²) in [5.41, 5.74) is 9.42. The van der Waals surface area contributed by atoms with Gasteiger partial charge in [0.25, 0.3) is 5.91 Å². The average molecular weight is 601 g/mol. The molecule has 4 N–H and O–H groups in total. The van der Waals surface area contributed by atoms with Crippen molar-refractivity contribution < 1.29 is 19.1 Å². The van der Waals surface area contributed by atoms with Crippen molar-refractivity contribution in [2.75, 3.05) is 81.6 Å². The number of likely N-dealkylation sites (N-methyl/N-ethyl adjacent to an activating group) is 1. The van der Waals surface area contributed by atoms with Gasteiger partial charge in [-0.15, -0.1) is 0 Å². The van der Waals surface area contributed by atoms with Gasteiger partial charge in [-0.05, 0) is 68.4 Å². The fourth-order valence-corrected chi connectivity index (χ4v) is 5.31. The van der Waals surface area contributed by atoms with Gasteiger partial charge in [0, 0.05) is 62.4 Å².